The summed E-state index contributed by atoms with van der Waals surface area (Å²) in [5.41, 5.74) is -0.598. The van der Waals surface area contributed by atoms with Crippen molar-refractivity contribution in [3.05, 3.63) is 27.9 Å². The van der Waals surface area contributed by atoms with E-state index in [4.69, 9.17) is 10.00 Å². The van der Waals surface area contributed by atoms with Crippen LogP contribution in [0, 0.1) is 21.4 Å². The van der Waals surface area contributed by atoms with E-state index in [1.54, 1.807) is 11.0 Å². The first-order valence-electron chi connectivity index (χ1n) is 6.48. The van der Waals surface area contributed by atoms with Crippen molar-refractivity contribution >= 4 is 17.5 Å². The van der Waals surface area contributed by atoms with Crippen LogP contribution in [0.4, 0.5) is 11.5 Å². The number of carbonyl (C=O) groups excluding carboxylic acids is 1. The Balaban J connectivity index is 2.38. The van der Waals surface area contributed by atoms with Gasteiger partial charge in [-0.3, -0.25) is 10.1 Å². The topological polar surface area (TPSA) is 109 Å². The number of anilines is 1. The molecular weight excluding hydrogens is 276 g/mol. The number of pyridine rings is 1. The zero-order valence-corrected chi connectivity index (χ0v) is 11.5. The summed E-state index contributed by atoms with van der Waals surface area (Å²) in [7, 11) is 1.32. The fourth-order valence-electron chi connectivity index (χ4n) is 2.42. The third-order valence-electron chi connectivity index (χ3n) is 3.43. The molecule has 2 rings (SSSR count). The highest BCUT2D eigenvalue weighted by molar-refractivity contribution is 5.80. The molecule has 0 N–H and O–H groups in total. The van der Waals surface area contributed by atoms with Crippen molar-refractivity contribution in [2.75, 3.05) is 18.6 Å². The third-order valence-corrected chi connectivity index (χ3v) is 3.43. The maximum Gasteiger partial charge on any atom is 0.328 e. The average molecular weight is 290 g/mol. The van der Waals surface area contributed by atoms with Gasteiger partial charge in [0.05, 0.1) is 12.0 Å². The maximum atomic E-state index is 11.8. The number of aromatic nitrogens is 1. The van der Waals surface area contributed by atoms with Gasteiger partial charge >= 0.3 is 11.7 Å². The Labute approximate surface area is 121 Å². The monoisotopic (exact) mass is 290 g/mol. The number of ether oxygens (including phenoxy) is 1. The molecule has 0 spiro atoms. The smallest absolute Gasteiger partial charge is 0.328 e. The van der Waals surface area contributed by atoms with E-state index in [0.717, 1.165) is 12.8 Å². The molecule has 1 aromatic heterocycles. The maximum absolute atomic E-state index is 11.8. The Bertz CT molecular complexity index is 611. The van der Waals surface area contributed by atoms with Gasteiger partial charge in [-0.25, -0.2) is 9.78 Å². The largest absolute Gasteiger partial charge is 0.467 e. The lowest BCUT2D eigenvalue weighted by molar-refractivity contribution is -0.385. The summed E-state index contributed by atoms with van der Waals surface area (Å²) >= 11 is 0. The van der Waals surface area contributed by atoms with Crippen LogP contribution in [0.15, 0.2) is 12.1 Å². The second-order valence-electron chi connectivity index (χ2n) is 4.63. The molecule has 0 bridgehead atoms. The Kier molecular flexibility index (Phi) is 4.33. The van der Waals surface area contributed by atoms with E-state index in [2.05, 4.69) is 4.98 Å². The molecule has 0 aromatic carbocycles. The highest BCUT2D eigenvalue weighted by Gasteiger charge is 2.31. The molecule has 1 atom stereocenters. The SMILES string of the molecule is COC(=O)C1CCCCN1c1ccc([N+](=O)[O-])c(C#N)n1. The molecule has 2 heterocycles. The van der Waals surface area contributed by atoms with Gasteiger partial charge < -0.3 is 9.64 Å². The van der Waals surface area contributed by atoms with Gasteiger partial charge in [-0.1, -0.05) is 0 Å². The van der Waals surface area contributed by atoms with Gasteiger partial charge in [-0.05, 0) is 25.3 Å². The second-order valence-corrected chi connectivity index (χ2v) is 4.63. The number of nitro groups is 1. The highest BCUT2D eigenvalue weighted by atomic mass is 16.6. The van der Waals surface area contributed by atoms with Crippen LogP contribution in [0.25, 0.3) is 0 Å². The normalized spacial score (nSPS) is 17.9. The molecule has 1 fully saturated rings. The summed E-state index contributed by atoms with van der Waals surface area (Å²) in [5.74, 6) is 0.0145. The molecule has 1 unspecified atom stereocenters. The van der Waals surface area contributed by atoms with E-state index >= 15 is 0 Å². The van der Waals surface area contributed by atoms with Crippen LogP contribution in [0.1, 0.15) is 25.0 Å². The van der Waals surface area contributed by atoms with E-state index in [0.29, 0.717) is 18.8 Å². The van der Waals surface area contributed by atoms with Crippen LogP contribution in [-0.4, -0.2) is 35.6 Å². The van der Waals surface area contributed by atoms with Crippen molar-refractivity contribution < 1.29 is 14.5 Å². The lowest BCUT2D eigenvalue weighted by Gasteiger charge is -2.34. The minimum Gasteiger partial charge on any atom is -0.467 e. The molecule has 110 valence electrons. The molecule has 1 saturated heterocycles. The lowest BCUT2D eigenvalue weighted by atomic mass is 10.0. The number of piperidine rings is 1. The molecular formula is C13H14N4O4. The van der Waals surface area contributed by atoms with Crippen LogP contribution in [0.5, 0.6) is 0 Å². The standard InChI is InChI=1S/C13H14N4O4/c1-21-13(18)11-4-2-3-7-16(11)12-6-5-10(17(19)20)9(8-14)15-12/h5-6,11H,2-4,7H2,1H3. The first-order valence-corrected chi connectivity index (χ1v) is 6.48. The van der Waals surface area contributed by atoms with E-state index in [1.165, 1.54) is 19.2 Å². The van der Waals surface area contributed by atoms with Gasteiger partial charge in [0.2, 0.25) is 5.69 Å². The number of rotatable bonds is 3. The zero-order valence-electron chi connectivity index (χ0n) is 11.5. The van der Waals surface area contributed by atoms with Crippen LogP contribution >= 0.6 is 0 Å². The summed E-state index contributed by atoms with van der Waals surface area (Å²) in [6.07, 6.45) is 2.41. The van der Waals surface area contributed by atoms with Crippen molar-refractivity contribution in [3.8, 4) is 6.07 Å². The molecule has 8 heteroatoms. The highest BCUT2D eigenvalue weighted by Crippen LogP contribution is 2.26. The Morgan fingerprint density at radius 3 is 2.95 bits per heavy atom. The molecule has 1 aromatic rings. The van der Waals surface area contributed by atoms with E-state index in [9.17, 15) is 14.9 Å². The van der Waals surface area contributed by atoms with E-state index in [-0.39, 0.29) is 17.4 Å². The lowest BCUT2D eigenvalue weighted by Crippen LogP contribution is -2.45. The Morgan fingerprint density at radius 2 is 2.33 bits per heavy atom. The summed E-state index contributed by atoms with van der Waals surface area (Å²) in [6.45, 7) is 0.593. The molecule has 8 nitrogen and oxygen atoms in total. The quantitative estimate of drug-likeness (QED) is 0.470. The molecule has 1 aliphatic heterocycles. The predicted octanol–water partition coefficient (Wildman–Crippen LogP) is 1.39. The van der Waals surface area contributed by atoms with Gasteiger partial charge in [0.25, 0.3) is 0 Å². The molecule has 21 heavy (non-hydrogen) atoms. The summed E-state index contributed by atoms with van der Waals surface area (Å²) in [6, 6.07) is 3.95. The first-order chi connectivity index (χ1) is 10.1. The van der Waals surface area contributed by atoms with Crippen LogP contribution in [-0.2, 0) is 9.53 Å². The number of hydrogen-bond donors (Lipinski definition) is 0. The number of carbonyl (C=O) groups is 1. The van der Waals surface area contributed by atoms with Gasteiger partial charge in [-0.15, -0.1) is 0 Å². The van der Waals surface area contributed by atoms with Crippen molar-refractivity contribution in [2.24, 2.45) is 0 Å². The van der Waals surface area contributed by atoms with Gasteiger partial charge in [-0.2, -0.15) is 5.26 Å². The summed E-state index contributed by atoms with van der Waals surface area (Å²) in [5, 5.41) is 19.8. The number of nitrogens with zero attached hydrogens (tertiary/aromatic N) is 4. The zero-order chi connectivity index (χ0) is 15.4. The van der Waals surface area contributed by atoms with Gasteiger partial charge in [0, 0.05) is 12.6 Å². The number of methoxy groups -OCH3 is 1. The fraction of sp³-hybridized carbons (Fsp3) is 0.462. The average Bonchev–Trinajstić information content (AvgIpc) is 2.53. The van der Waals surface area contributed by atoms with Gasteiger partial charge in [0.15, 0.2) is 0 Å². The molecule has 0 aliphatic carbocycles. The van der Waals surface area contributed by atoms with Crippen LogP contribution in [0.2, 0.25) is 0 Å². The van der Waals surface area contributed by atoms with E-state index < -0.39 is 11.0 Å². The number of hydrogen-bond acceptors (Lipinski definition) is 7. The molecule has 1 aliphatic rings. The fourth-order valence-corrected chi connectivity index (χ4v) is 2.42. The summed E-state index contributed by atoms with van der Waals surface area (Å²) in [4.78, 5) is 27.7. The predicted molar refractivity (Wildman–Crippen MR) is 72.6 cm³/mol. The van der Waals surface area contributed by atoms with Crippen molar-refractivity contribution in [2.45, 2.75) is 25.3 Å². The van der Waals surface area contributed by atoms with Crippen LogP contribution < -0.4 is 4.90 Å². The first kappa shape index (κ1) is 14.7. The Morgan fingerprint density at radius 1 is 1.57 bits per heavy atom. The third kappa shape index (κ3) is 2.91. The minimum atomic E-state index is -0.649. The van der Waals surface area contributed by atoms with Crippen molar-refractivity contribution in [1.82, 2.24) is 4.98 Å². The molecule has 0 radical (unpaired) electrons. The van der Waals surface area contributed by atoms with Crippen molar-refractivity contribution in [3.63, 3.8) is 0 Å². The van der Waals surface area contributed by atoms with Crippen LogP contribution in [0.3, 0.4) is 0 Å². The second kappa shape index (κ2) is 6.17. The molecule has 0 amide bonds. The minimum absolute atomic E-state index is 0.258. The number of nitriles is 1. The van der Waals surface area contributed by atoms with Gasteiger partial charge in [0.1, 0.15) is 17.9 Å². The van der Waals surface area contributed by atoms with E-state index in [1.807, 2.05) is 0 Å². The Hall–Kier alpha value is -2.69. The summed E-state index contributed by atoms with van der Waals surface area (Å²) < 4.78 is 4.78. The number of esters is 1. The molecule has 0 saturated carbocycles. The van der Waals surface area contributed by atoms with Crippen molar-refractivity contribution in [1.29, 1.82) is 5.26 Å².